The average Bonchev–Trinajstić information content (AvgIpc) is 3.33. The summed E-state index contributed by atoms with van der Waals surface area (Å²) in [6, 6.07) is 9.84. The summed E-state index contributed by atoms with van der Waals surface area (Å²) in [6.45, 7) is 4.47. The molecule has 152 valence electrons. The maximum absolute atomic E-state index is 12.9. The SMILES string of the molecule is CCOC1CCCCC1N=Nc1c(C)[nH]n(-c2ncc(-c3ccccc3)[nH]2)c1=O. The predicted octanol–water partition coefficient (Wildman–Crippen LogP) is 4.30. The zero-order valence-corrected chi connectivity index (χ0v) is 16.8. The van der Waals surface area contributed by atoms with Gasteiger partial charge in [-0.1, -0.05) is 43.2 Å². The standard InChI is InChI=1S/C21H26N6O2/c1-3-29-18-12-8-7-11-16(18)24-25-19-14(2)26-27(20(19)28)21-22-13-17(23-21)15-9-5-4-6-10-15/h4-6,9-10,13,16,18,26H,3,7-8,11-12H2,1-2H3,(H,22,23). The predicted molar refractivity (Wildman–Crippen MR) is 111 cm³/mol. The summed E-state index contributed by atoms with van der Waals surface area (Å²) in [5.41, 5.74) is 2.53. The fourth-order valence-electron chi connectivity index (χ4n) is 3.74. The van der Waals surface area contributed by atoms with Gasteiger partial charge in [0.2, 0.25) is 5.95 Å². The maximum atomic E-state index is 12.9. The van der Waals surface area contributed by atoms with Crippen LogP contribution in [0.5, 0.6) is 0 Å². The molecule has 4 rings (SSSR count). The zero-order valence-electron chi connectivity index (χ0n) is 16.8. The van der Waals surface area contributed by atoms with Crippen LogP contribution in [0.3, 0.4) is 0 Å². The van der Waals surface area contributed by atoms with Gasteiger partial charge < -0.3 is 9.72 Å². The van der Waals surface area contributed by atoms with Crippen molar-refractivity contribution in [3.8, 4) is 17.2 Å². The number of nitrogens with one attached hydrogen (secondary N) is 2. The minimum Gasteiger partial charge on any atom is -0.376 e. The van der Waals surface area contributed by atoms with Gasteiger partial charge in [-0.2, -0.15) is 9.80 Å². The number of hydrogen-bond acceptors (Lipinski definition) is 5. The highest BCUT2D eigenvalue weighted by atomic mass is 16.5. The number of H-pyrrole nitrogens is 2. The minimum atomic E-state index is -0.274. The van der Waals surface area contributed by atoms with Gasteiger partial charge in [-0.05, 0) is 32.3 Å². The Labute approximate surface area is 169 Å². The van der Waals surface area contributed by atoms with Crippen molar-refractivity contribution in [3.05, 3.63) is 52.6 Å². The molecule has 29 heavy (non-hydrogen) atoms. The molecule has 1 fully saturated rings. The first-order chi connectivity index (χ1) is 14.2. The highest BCUT2D eigenvalue weighted by molar-refractivity contribution is 5.59. The third-order valence-corrected chi connectivity index (χ3v) is 5.25. The Hall–Kier alpha value is -3.00. The van der Waals surface area contributed by atoms with E-state index in [2.05, 4.69) is 25.3 Å². The van der Waals surface area contributed by atoms with Crippen molar-refractivity contribution in [1.82, 2.24) is 19.7 Å². The normalized spacial score (nSPS) is 19.8. The van der Waals surface area contributed by atoms with E-state index >= 15 is 0 Å². The maximum Gasteiger partial charge on any atom is 0.301 e. The molecule has 2 atom stereocenters. The lowest BCUT2D eigenvalue weighted by Crippen LogP contribution is -2.30. The molecule has 0 bridgehead atoms. The second-order valence-corrected chi connectivity index (χ2v) is 7.27. The number of nitrogens with zero attached hydrogens (tertiary/aromatic N) is 4. The van der Waals surface area contributed by atoms with E-state index in [-0.39, 0.29) is 17.7 Å². The number of aromatic amines is 2. The number of azo groups is 1. The molecule has 1 aliphatic rings. The van der Waals surface area contributed by atoms with Crippen molar-refractivity contribution in [1.29, 1.82) is 0 Å². The van der Waals surface area contributed by atoms with Gasteiger partial charge in [0.15, 0.2) is 5.69 Å². The fourth-order valence-corrected chi connectivity index (χ4v) is 3.74. The van der Waals surface area contributed by atoms with E-state index in [1.807, 2.05) is 44.2 Å². The molecule has 1 aliphatic carbocycles. The summed E-state index contributed by atoms with van der Waals surface area (Å²) >= 11 is 0. The van der Waals surface area contributed by atoms with Crippen molar-refractivity contribution in [2.45, 2.75) is 51.7 Å². The minimum absolute atomic E-state index is 0.000791. The number of aryl methyl sites for hydroxylation is 1. The van der Waals surface area contributed by atoms with Crippen LogP contribution < -0.4 is 5.56 Å². The molecular formula is C21H26N6O2. The number of aromatic nitrogens is 4. The Morgan fingerprint density at radius 1 is 1.24 bits per heavy atom. The molecule has 0 spiro atoms. The summed E-state index contributed by atoms with van der Waals surface area (Å²) in [5.74, 6) is 0.420. The van der Waals surface area contributed by atoms with Gasteiger partial charge in [0.25, 0.3) is 0 Å². The molecule has 3 aromatic rings. The van der Waals surface area contributed by atoms with E-state index < -0.39 is 0 Å². The van der Waals surface area contributed by atoms with E-state index in [1.54, 1.807) is 6.20 Å². The van der Waals surface area contributed by atoms with Crippen LogP contribution in [0.1, 0.15) is 38.3 Å². The average molecular weight is 394 g/mol. The summed E-state index contributed by atoms with van der Waals surface area (Å²) < 4.78 is 7.18. The highest BCUT2D eigenvalue weighted by Crippen LogP contribution is 2.25. The molecular weight excluding hydrogens is 368 g/mol. The molecule has 1 saturated carbocycles. The monoisotopic (exact) mass is 394 g/mol. The van der Waals surface area contributed by atoms with E-state index in [9.17, 15) is 4.79 Å². The third kappa shape index (κ3) is 4.07. The van der Waals surface area contributed by atoms with Crippen LogP contribution in [-0.2, 0) is 4.74 Å². The Kier molecular flexibility index (Phi) is 5.71. The van der Waals surface area contributed by atoms with Gasteiger partial charge in [0.1, 0.15) is 0 Å². The van der Waals surface area contributed by atoms with Crippen LogP contribution in [0, 0.1) is 6.92 Å². The first kappa shape index (κ1) is 19.3. The molecule has 2 aromatic heterocycles. The summed E-state index contributed by atoms with van der Waals surface area (Å²) in [4.78, 5) is 20.4. The molecule has 2 heterocycles. The van der Waals surface area contributed by atoms with Crippen molar-refractivity contribution >= 4 is 5.69 Å². The Morgan fingerprint density at radius 3 is 2.83 bits per heavy atom. The fraction of sp³-hybridized carbons (Fsp3) is 0.429. The second kappa shape index (κ2) is 8.57. The Balaban J connectivity index is 1.59. The molecule has 0 radical (unpaired) electrons. The number of rotatable bonds is 6. The Morgan fingerprint density at radius 2 is 2.03 bits per heavy atom. The number of hydrogen-bond donors (Lipinski definition) is 2. The van der Waals surface area contributed by atoms with Gasteiger partial charge in [-0.15, -0.1) is 5.11 Å². The largest absolute Gasteiger partial charge is 0.376 e. The first-order valence-corrected chi connectivity index (χ1v) is 10.1. The number of ether oxygens (including phenoxy) is 1. The lowest BCUT2D eigenvalue weighted by atomic mass is 9.93. The molecule has 8 nitrogen and oxygen atoms in total. The zero-order chi connectivity index (χ0) is 20.2. The third-order valence-electron chi connectivity index (χ3n) is 5.25. The molecule has 0 amide bonds. The van der Waals surface area contributed by atoms with Crippen LogP contribution in [0.2, 0.25) is 0 Å². The van der Waals surface area contributed by atoms with Crippen LogP contribution in [0.25, 0.3) is 17.2 Å². The van der Waals surface area contributed by atoms with Gasteiger partial charge in [-0.3, -0.25) is 9.89 Å². The molecule has 0 aliphatic heterocycles. The molecule has 0 saturated heterocycles. The summed E-state index contributed by atoms with van der Waals surface area (Å²) in [7, 11) is 0. The summed E-state index contributed by atoms with van der Waals surface area (Å²) in [5, 5.41) is 11.8. The quantitative estimate of drug-likeness (QED) is 0.610. The van der Waals surface area contributed by atoms with Gasteiger partial charge in [0.05, 0.1) is 29.7 Å². The smallest absolute Gasteiger partial charge is 0.301 e. The van der Waals surface area contributed by atoms with Crippen LogP contribution in [0.15, 0.2) is 51.6 Å². The first-order valence-electron chi connectivity index (χ1n) is 10.1. The van der Waals surface area contributed by atoms with Crippen molar-refractivity contribution in [3.63, 3.8) is 0 Å². The topological polar surface area (TPSA) is 100 Å². The lowest BCUT2D eigenvalue weighted by Gasteiger charge is -2.27. The van der Waals surface area contributed by atoms with E-state index in [0.29, 0.717) is 23.9 Å². The van der Waals surface area contributed by atoms with E-state index in [1.165, 1.54) is 4.68 Å². The van der Waals surface area contributed by atoms with E-state index in [4.69, 9.17) is 4.74 Å². The molecule has 2 unspecified atom stereocenters. The van der Waals surface area contributed by atoms with Gasteiger partial charge >= 0.3 is 5.56 Å². The summed E-state index contributed by atoms with van der Waals surface area (Å²) in [6.07, 6.45) is 5.97. The number of benzene rings is 1. The molecule has 8 heteroatoms. The lowest BCUT2D eigenvalue weighted by molar-refractivity contribution is 0.0219. The van der Waals surface area contributed by atoms with E-state index in [0.717, 1.165) is 36.9 Å². The second-order valence-electron chi connectivity index (χ2n) is 7.27. The van der Waals surface area contributed by atoms with Crippen LogP contribution in [0.4, 0.5) is 5.69 Å². The van der Waals surface area contributed by atoms with Crippen LogP contribution >= 0.6 is 0 Å². The number of imidazole rings is 1. The van der Waals surface area contributed by atoms with Crippen molar-refractivity contribution in [2.75, 3.05) is 6.61 Å². The Bertz CT molecular complexity index is 1030. The van der Waals surface area contributed by atoms with Crippen LogP contribution in [-0.4, -0.2) is 38.5 Å². The highest BCUT2D eigenvalue weighted by Gasteiger charge is 2.25. The van der Waals surface area contributed by atoms with Gasteiger partial charge in [0, 0.05) is 6.61 Å². The van der Waals surface area contributed by atoms with Gasteiger partial charge in [-0.25, -0.2) is 4.98 Å². The van der Waals surface area contributed by atoms with Crippen molar-refractivity contribution in [2.24, 2.45) is 10.2 Å². The molecule has 1 aromatic carbocycles. The molecule has 2 N–H and O–H groups in total. The van der Waals surface area contributed by atoms with Crippen molar-refractivity contribution < 1.29 is 4.74 Å².